The highest BCUT2D eigenvalue weighted by Crippen LogP contribution is 2.21. The number of unbranched alkanes of at least 4 members (excludes halogenated alkanes) is 11. The topological polar surface area (TPSA) is 78.5 Å². The maximum atomic E-state index is 11.1. The van der Waals surface area contributed by atoms with Crippen LogP contribution >= 0.6 is 0 Å². The van der Waals surface area contributed by atoms with Gasteiger partial charge in [-0.05, 0) is 32.1 Å². The molecule has 5 heteroatoms. The van der Waals surface area contributed by atoms with E-state index >= 15 is 0 Å². The molecule has 0 saturated carbocycles. The van der Waals surface area contributed by atoms with Gasteiger partial charge in [0, 0.05) is 13.0 Å². The summed E-state index contributed by atoms with van der Waals surface area (Å²) in [6.07, 6.45) is 25.7. The Morgan fingerprint density at radius 1 is 1.00 bits per heavy atom. The van der Waals surface area contributed by atoms with E-state index in [1.807, 2.05) is 6.20 Å². The summed E-state index contributed by atoms with van der Waals surface area (Å²) in [6, 6.07) is 0. The van der Waals surface area contributed by atoms with E-state index in [2.05, 4.69) is 24.1 Å². The van der Waals surface area contributed by atoms with Gasteiger partial charge in [-0.3, -0.25) is 0 Å². The largest absolute Gasteiger partial charge is 0.544 e. The van der Waals surface area contributed by atoms with E-state index in [-0.39, 0.29) is 11.0 Å². The molecule has 1 aliphatic rings. The maximum Gasteiger partial charge on any atom is 0.207 e. The molecule has 0 fully saturated rings. The Labute approximate surface area is 178 Å². The first-order valence-electron chi connectivity index (χ1n) is 11.8. The average molecular weight is 406 g/mol. The summed E-state index contributed by atoms with van der Waals surface area (Å²) in [5, 5.41) is 11.1. The van der Waals surface area contributed by atoms with E-state index in [9.17, 15) is 9.90 Å². The lowest BCUT2D eigenvalue weighted by molar-refractivity contribution is -0.780. The number of carboxylic acid groups (broad SMARTS) is 1. The number of carboxylic acids is 1. The van der Waals surface area contributed by atoms with Crippen LogP contribution < -0.4 is 10.8 Å². The summed E-state index contributed by atoms with van der Waals surface area (Å²) in [5.74, 6) is -0.134. The second kappa shape index (κ2) is 16.3. The maximum absolute atomic E-state index is 11.1. The number of amidine groups is 1. The molecule has 29 heavy (non-hydrogen) atoms. The van der Waals surface area contributed by atoms with Crippen LogP contribution in [-0.4, -0.2) is 35.9 Å². The fraction of sp³-hybridized carbons (Fsp3) is 0.750. The van der Waals surface area contributed by atoms with Crippen molar-refractivity contribution in [2.45, 2.75) is 96.8 Å². The number of allylic oxidation sites excluding steroid dienone is 2. The molecule has 0 aromatic carbocycles. The van der Waals surface area contributed by atoms with Crippen molar-refractivity contribution in [3.05, 3.63) is 24.6 Å². The molecule has 1 unspecified atom stereocenters. The molecule has 1 atom stereocenters. The highest BCUT2D eigenvalue weighted by molar-refractivity contribution is 5.80. The van der Waals surface area contributed by atoms with E-state index in [0.717, 1.165) is 18.7 Å². The third-order valence-electron chi connectivity index (χ3n) is 5.69. The molecule has 0 bridgehead atoms. The molecular weight excluding hydrogens is 362 g/mol. The van der Waals surface area contributed by atoms with Crippen LogP contribution in [0, 0.1) is 0 Å². The Morgan fingerprint density at radius 2 is 1.59 bits per heavy atom. The minimum Gasteiger partial charge on any atom is -0.544 e. The van der Waals surface area contributed by atoms with Crippen molar-refractivity contribution in [2.75, 3.05) is 19.6 Å². The lowest BCUT2D eigenvalue weighted by atomic mass is 10.1. The van der Waals surface area contributed by atoms with E-state index in [1.165, 1.54) is 77.0 Å². The van der Waals surface area contributed by atoms with Gasteiger partial charge in [0.2, 0.25) is 5.84 Å². The van der Waals surface area contributed by atoms with Gasteiger partial charge in [-0.1, -0.05) is 70.4 Å². The molecule has 0 saturated heterocycles. The molecule has 1 rings (SSSR count). The van der Waals surface area contributed by atoms with Crippen molar-refractivity contribution >= 4 is 11.8 Å². The standard InChI is InChI=1S/C24H43N3O2/c1-2-3-4-5-6-7-8-9-10-11-12-13-14-15-16-17-23-26-19-21-27(23,20-18-25)22-24(28)29/h7-8,19,21H,2-6,9-18,20,22,25H2,1H3/b8-7+. The van der Waals surface area contributed by atoms with E-state index < -0.39 is 5.97 Å². The van der Waals surface area contributed by atoms with Gasteiger partial charge >= 0.3 is 0 Å². The normalized spacial score (nSPS) is 18.6. The summed E-state index contributed by atoms with van der Waals surface area (Å²) >= 11 is 0. The quantitative estimate of drug-likeness (QED) is 0.196. The van der Waals surface area contributed by atoms with E-state index in [0.29, 0.717) is 13.1 Å². The zero-order valence-electron chi connectivity index (χ0n) is 18.6. The third kappa shape index (κ3) is 11.3. The minimum absolute atomic E-state index is 0.0697. The fourth-order valence-corrected chi connectivity index (χ4v) is 3.98. The highest BCUT2D eigenvalue weighted by atomic mass is 16.4. The van der Waals surface area contributed by atoms with Gasteiger partial charge in [-0.2, -0.15) is 0 Å². The van der Waals surface area contributed by atoms with Crippen LogP contribution in [0.25, 0.3) is 0 Å². The zero-order chi connectivity index (χ0) is 21.2. The molecular formula is C24H43N3O2. The van der Waals surface area contributed by atoms with E-state index in [4.69, 9.17) is 5.73 Å². The Morgan fingerprint density at radius 3 is 2.17 bits per heavy atom. The van der Waals surface area contributed by atoms with Gasteiger partial charge in [0.25, 0.3) is 0 Å². The molecule has 2 N–H and O–H groups in total. The molecule has 5 nitrogen and oxygen atoms in total. The number of quaternary nitrogens is 1. The van der Waals surface area contributed by atoms with Crippen LogP contribution in [0.1, 0.15) is 96.8 Å². The van der Waals surface area contributed by atoms with Crippen LogP contribution in [0.2, 0.25) is 0 Å². The van der Waals surface area contributed by atoms with Crippen LogP contribution in [0.4, 0.5) is 0 Å². The Bertz CT molecular complexity index is 528. The lowest BCUT2D eigenvalue weighted by Gasteiger charge is -2.32. The Kier molecular flexibility index (Phi) is 14.4. The van der Waals surface area contributed by atoms with Crippen LogP contribution in [-0.2, 0) is 4.79 Å². The van der Waals surface area contributed by atoms with Crippen molar-refractivity contribution in [3.8, 4) is 0 Å². The summed E-state index contributed by atoms with van der Waals surface area (Å²) < 4.78 is 0.241. The van der Waals surface area contributed by atoms with Gasteiger partial charge in [0.05, 0.1) is 12.2 Å². The monoisotopic (exact) mass is 405 g/mol. The zero-order valence-corrected chi connectivity index (χ0v) is 18.6. The van der Waals surface area contributed by atoms with Crippen molar-refractivity contribution in [1.29, 1.82) is 0 Å². The SMILES string of the molecule is CCCCCC/C=C/CCCCCCCCCC1=NC=C[N+]1(CCN)CC(=O)[O-]. The highest BCUT2D eigenvalue weighted by Gasteiger charge is 2.34. The van der Waals surface area contributed by atoms with Gasteiger partial charge in [-0.25, -0.2) is 9.48 Å². The second-order valence-electron chi connectivity index (χ2n) is 8.25. The van der Waals surface area contributed by atoms with Gasteiger partial charge < -0.3 is 15.6 Å². The number of carbonyl (C=O) groups excluding carboxylic acids is 1. The van der Waals surface area contributed by atoms with Gasteiger partial charge in [0.15, 0.2) is 0 Å². The van der Waals surface area contributed by atoms with Crippen molar-refractivity contribution in [1.82, 2.24) is 0 Å². The molecule has 166 valence electrons. The fourth-order valence-electron chi connectivity index (χ4n) is 3.98. The van der Waals surface area contributed by atoms with Crippen molar-refractivity contribution in [2.24, 2.45) is 10.7 Å². The Hall–Kier alpha value is -1.46. The summed E-state index contributed by atoms with van der Waals surface area (Å²) in [6.45, 7) is 3.19. The predicted molar refractivity (Wildman–Crippen MR) is 120 cm³/mol. The molecule has 0 amide bonds. The van der Waals surface area contributed by atoms with Crippen LogP contribution in [0.5, 0.6) is 0 Å². The number of nitrogens with zero attached hydrogens (tertiary/aromatic N) is 2. The number of nitrogens with two attached hydrogens (primary N) is 1. The predicted octanol–water partition coefficient (Wildman–Crippen LogP) is 4.43. The molecule has 1 aliphatic heterocycles. The summed E-state index contributed by atoms with van der Waals surface area (Å²) in [4.78, 5) is 15.6. The molecule has 0 aliphatic carbocycles. The van der Waals surface area contributed by atoms with E-state index in [1.54, 1.807) is 6.20 Å². The third-order valence-corrected chi connectivity index (χ3v) is 5.69. The summed E-state index contributed by atoms with van der Waals surface area (Å²) in [5.41, 5.74) is 5.70. The van der Waals surface area contributed by atoms with Crippen LogP contribution in [0.15, 0.2) is 29.5 Å². The average Bonchev–Trinajstić information content (AvgIpc) is 3.06. The van der Waals surface area contributed by atoms with Crippen LogP contribution in [0.3, 0.4) is 0 Å². The smallest absolute Gasteiger partial charge is 0.207 e. The van der Waals surface area contributed by atoms with Crippen molar-refractivity contribution in [3.63, 3.8) is 0 Å². The number of hydrogen-bond acceptors (Lipinski definition) is 4. The number of aliphatic imine (C=N–C) groups is 1. The summed E-state index contributed by atoms with van der Waals surface area (Å²) in [7, 11) is 0. The second-order valence-corrected chi connectivity index (χ2v) is 8.25. The van der Waals surface area contributed by atoms with Gasteiger partial charge in [0.1, 0.15) is 19.3 Å². The number of rotatable bonds is 19. The first kappa shape index (κ1) is 25.6. The number of aliphatic carboxylic acids is 1. The molecule has 0 spiro atoms. The first-order valence-corrected chi connectivity index (χ1v) is 11.8. The molecule has 0 aromatic heterocycles. The van der Waals surface area contributed by atoms with Gasteiger partial charge in [-0.15, -0.1) is 0 Å². The first-order chi connectivity index (χ1) is 14.1. The molecule has 1 heterocycles. The molecule has 0 radical (unpaired) electrons. The lowest BCUT2D eigenvalue weighted by Crippen LogP contribution is -2.55. The number of carbonyl (C=O) groups is 1. The van der Waals surface area contributed by atoms with Crippen molar-refractivity contribution < 1.29 is 14.4 Å². The Balaban J connectivity index is 2.03. The molecule has 0 aromatic rings. The minimum atomic E-state index is -1.05. The number of hydrogen-bond donors (Lipinski definition) is 1.